The summed E-state index contributed by atoms with van der Waals surface area (Å²) in [6.07, 6.45) is 9.33. The molecule has 72 valence electrons. The topological polar surface area (TPSA) is 30.2 Å². The first kappa shape index (κ1) is 8.17. The highest BCUT2D eigenvalue weighted by Gasteiger charge is 2.03. The Morgan fingerprint density at radius 1 is 0.933 bits per heavy atom. The van der Waals surface area contributed by atoms with Gasteiger partial charge in [-0.3, -0.25) is 4.98 Å². The summed E-state index contributed by atoms with van der Waals surface area (Å²) in [5.74, 6) is 0. The van der Waals surface area contributed by atoms with Gasteiger partial charge in [0.2, 0.25) is 0 Å². The van der Waals surface area contributed by atoms with Gasteiger partial charge in [0, 0.05) is 36.5 Å². The molecule has 3 aromatic heterocycles. The third kappa shape index (κ3) is 1.29. The number of nitrogens with zero attached hydrogens (tertiary/aromatic N) is 3. The number of pyridine rings is 2. The lowest BCUT2D eigenvalue weighted by molar-refractivity contribution is 1.19. The van der Waals surface area contributed by atoms with Gasteiger partial charge in [0.15, 0.2) is 0 Å². The van der Waals surface area contributed by atoms with Gasteiger partial charge in [0.05, 0.1) is 0 Å². The molecule has 15 heavy (non-hydrogen) atoms. The zero-order valence-corrected chi connectivity index (χ0v) is 8.04. The molecule has 3 heterocycles. The van der Waals surface area contributed by atoms with Gasteiger partial charge in [0.25, 0.3) is 0 Å². The van der Waals surface area contributed by atoms with E-state index in [2.05, 4.69) is 16.0 Å². The van der Waals surface area contributed by atoms with Gasteiger partial charge in [-0.1, -0.05) is 0 Å². The highest BCUT2D eigenvalue weighted by molar-refractivity contribution is 5.76. The maximum Gasteiger partial charge on any atom is 0.144 e. The molecule has 3 heteroatoms. The highest BCUT2D eigenvalue weighted by Crippen LogP contribution is 2.22. The molecule has 0 aliphatic heterocycles. The van der Waals surface area contributed by atoms with Crippen LogP contribution in [0.5, 0.6) is 0 Å². The third-order valence-corrected chi connectivity index (χ3v) is 2.41. The lowest BCUT2D eigenvalue weighted by Crippen LogP contribution is -1.86. The van der Waals surface area contributed by atoms with Crippen molar-refractivity contribution in [1.29, 1.82) is 0 Å². The number of imidazole rings is 1. The Kier molecular flexibility index (Phi) is 1.75. The summed E-state index contributed by atoms with van der Waals surface area (Å²) in [7, 11) is 0. The number of fused-ring (bicyclic) bond motifs is 1. The molecular formula is C12H9N3. The van der Waals surface area contributed by atoms with Crippen LogP contribution in [0.3, 0.4) is 0 Å². The van der Waals surface area contributed by atoms with E-state index in [9.17, 15) is 0 Å². The van der Waals surface area contributed by atoms with Gasteiger partial charge >= 0.3 is 0 Å². The molecule has 0 amide bonds. The summed E-state index contributed by atoms with van der Waals surface area (Å²) in [5.41, 5.74) is 3.25. The van der Waals surface area contributed by atoms with Crippen LogP contribution >= 0.6 is 0 Å². The first-order valence-corrected chi connectivity index (χ1v) is 4.77. The van der Waals surface area contributed by atoms with Crippen LogP contribution in [-0.4, -0.2) is 14.4 Å². The van der Waals surface area contributed by atoms with E-state index in [1.54, 1.807) is 18.6 Å². The van der Waals surface area contributed by atoms with Crippen molar-refractivity contribution in [2.75, 3.05) is 0 Å². The van der Waals surface area contributed by atoms with E-state index in [0.29, 0.717) is 0 Å². The van der Waals surface area contributed by atoms with Crippen LogP contribution in [0.25, 0.3) is 16.8 Å². The molecular weight excluding hydrogens is 186 g/mol. The van der Waals surface area contributed by atoms with E-state index in [1.807, 2.05) is 35.0 Å². The predicted molar refractivity (Wildman–Crippen MR) is 58.4 cm³/mol. The normalized spacial score (nSPS) is 10.7. The van der Waals surface area contributed by atoms with Crippen LogP contribution in [0.2, 0.25) is 0 Å². The van der Waals surface area contributed by atoms with Crippen LogP contribution in [0.1, 0.15) is 0 Å². The zero-order chi connectivity index (χ0) is 10.1. The lowest BCUT2D eigenvalue weighted by atomic mass is 10.1. The summed E-state index contributed by atoms with van der Waals surface area (Å²) in [6, 6.07) is 8.07. The molecule has 0 fully saturated rings. The predicted octanol–water partition coefficient (Wildman–Crippen LogP) is 2.40. The van der Waals surface area contributed by atoms with Crippen molar-refractivity contribution in [3.05, 3.63) is 55.2 Å². The standard InChI is InChI=1S/C12H9N3/c1-2-11(10-3-5-13-6-4-10)12-14-7-9-15(12)8-1/h1-9H. The fraction of sp³-hybridized carbons (Fsp3) is 0. The smallest absolute Gasteiger partial charge is 0.144 e. The fourth-order valence-corrected chi connectivity index (χ4v) is 1.71. The fourth-order valence-electron chi connectivity index (χ4n) is 1.71. The number of hydrogen-bond donors (Lipinski definition) is 0. The van der Waals surface area contributed by atoms with Crippen LogP contribution in [0.15, 0.2) is 55.2 Å². The maximum absolute atomic E-state index is 4.34. The number of hydrogen-bond acceptors (Lipinski definition) is 2. The highest BCUT2D eigenvalue weighted by atomic mass is 15.0. The van der Waals surface area contributed by atoms with E-state index < -0.39 is 0 Å². The van der Waals surface area contributed by atoms with Gasteiger partial charge in [-0.25, -0.2) is 4.98 Å². The second-order valence-corrected chi connectivity index (χ2v) is 3.32. The molecule has 0 radical (unpaired) electrons. The Bertz CT molecular complexity index is 584. The largest absolute Gasteiger partial charge is 0.307 e. The maximum atomic E-state index is 4.34. The van der Waals surface area contributed by atoms with E-state index in [-0.39, 0.29) is 0 Å². The first-order valence-electron chi connectivity index (χ1n) is 4.77. The minimum absolute atomic E-state index is 0.976. The second-order valence-electron chi connectivity index (χ2n) is 3.32. The second kappa shape index (κ2) is 3.20. The van der Waals surface area contributed by atoms with E-state index in [0.717, 1.165) is 16.8 Å². The van der Waals surface area contributed by atoms with Crippen molar-refractivity contribution in [3.8, 4) is 11.1 Å². The van der Waals surface area contributed by atoms with Gasteiger partial charge < -0.3 is 4.40 Å². The minimum atomic E-state index is 0.976. The molecule has 0 aliphatic rings. The van der Waals surface area contributed by atoms with Crippen LogP contribution in [0.4, 0.5) is 0 Å². The Morgan fingerprint density at radius 2 is 1.80 bits per heavy atom. The Labute approximate surface area is 87.0 Å². The molecule has 0 aliphatic carbocycles. The molecule has 0 atom stereocenters. The van der Waals surface area contributed by atoms with Gasteiger partial charge in [-0.15, -0.1) is 0 Å². The summed E-state index contributed by atoms with van der Waals surface area (Å²) >= 11 is 0. The Morgan fingerprint density at radius 3 is 2.67 bits per heavy atom. The molecule has 3 nitrogen and oxygen atoms in total. The molecule has 0 aromatic carbocycles. The quantitative estimate of drug-likeness (QED) is 0.596. The Hall–Kier alpha value is -2.16. The molecule has 3 rings (SSSR count). The average Bonchev–Trinajstić information content (AvgIpc) is 2.78. The van der Waals surface area contributed by atoms with Gasteiger partial charge in [0.1, 0.15) is 5.65 Å². The molecule has 0 saturated heterocycles. The molecule has 3 aromatic rings. The van der Waals surface area contributed by atoms with E-state index >= 15 is 0 Å². The molecule has 0 N–H and O–H groups in total. The first-order chi connectivity index (χ1) is 7.45. The average molecular weight is 195 g/mol. The lowest BCUT2D eigenvalue weighted by Gasteiger charge is -2.02. The molecule has 0 saturated carbocycles. The monoisotopic (exact) mass is 195 g/mol. The number of aromatic nitrogens is 3. The van der Waals surface area contributed by atoms with Crippen molar-refractivity contribution >= 4 is 5.65 Å². The SMILES string of the molecule is c1cc(-c2ccncc2)c2nccn2c1. The van der Waals surface area contributed by atoms with Crippen molar-refractivity contribution in [2.24, 2.45) is 0 Å². The van der Waals surface area contributed by atoms with E-state index in [4.69, 9.17) is 0 Å². The molecule has 0 spiro atoms. The van der Waals surface area contributed by atoms with Crippen molar-refractivity contribution in [1.82, 2.24) is 14.4 Å². The minimum Gasteiger partial charge on any atom is -0.307 e. The van der Waals surface area contributed by atoms with Crippen LogP contribution in [0, 0.1) is 0 Å². The van der Waals surface area contributed by atoms with Gasteiger partial charge in [-0.05, 0) is 29.8 Å². The van der Waals surface area contributed by atoms with Crippen molar-refractivity contribution in [2.45, 2.75) is 0 Å². The van der Waals surface area contributed by atoms with Crippen molar-refractivity contribution < 1.29 is 0 Å². The van der Waals surface area contributed by atoms with Crippen molar-refractivity contribution in [3.63, 3.8) is 0 Å². The summed E-state index contributed by atoms with van der Waals surface area (Å²) < 4.78 is 2.01. The zero-order valence-electron chi connectivity index (χ0n) is 8.04. The summed E-state index contributed by atoms with van der Waals surface area (Å²) in [5, 5.41) is 0. The summed E-state index contributed by atoms with van der Waals surface area (Å²) in [6.45, 7) is 0. The molecule has 0 unspecified atom stereocenters. The third-order valence-electron chi connectivity index (χ3n) is 2.41. The summed E-state index contributed by atoms with van der Waals surface area (Å²) in [4.78, 5) is 8.35. The Balaban J connectivity index is 2.31. The molecule has 0 bridgehead atoms. The van der Waals surface area contributed by atoms with Crippen LogP contribution < -0.4 is 0 Å². The van der Waals surface area contributed by atoms with Gasteiger partial charge in [-0.2, -0.15) is 0 Å². The van der Waals surface area contributed by atoms with Crippen LogP contribution in [-0.2, 0) is 0 Å². The number of rotatable bonds is 1. The van der Waals surface area contributed by atoms with E-state index in [1.165, 1.54) is 0 Å².